The van der Waals surface area contributed by atoms with Crippen LogP contribution in [0, 0.1) is 12.8 Å². The molecule has 0 aliphatic heterocycles. The maximum absolute atomic E-state index is 9.79. The van der Waals surface area contributed by atoms with Crippen molar-refractivity contribution in [3.63, 3.8) is 0 Å². The van der Waals surface area contributed by atoms with E-state index in [1.54, 1.807) is 20.8 Å². The molecule has 0 bridgehead atoms. The summed E-state index contributed by atoms with van der Waals surface area (Å²) in [6.45, 7) is 5.04. The molecule has 1 N–H and O–H groups in total. The highest BCUT2D eigenvalue weighted by Crippen LogP contribution is 2.05. The highest BCUT2D eigenvalue weighted by Gasteiger charge is 2.13. The number of ether oxygens (including phenoxy) is 1. The average molecular weight is 144 g/mol. The van der Waals surface area contributed by atoms with E-state index in [2.05, 4.69) is 17.6 Å². The summed E-state index contributed by atoms with van der Waals surface area (Å²) in [7, 11) is 0. The van der Waals surface area contributed by atoms with Gasteiger partial charge in [0, 0.05) is 0 Å². The molecule has 0 aromatic rings. The summed E-state index contributed by atoms with van der Waals surface area (Å²) in [6.07, 6.45) is 6.78. The number of terminal acetylenes is 1. The zero-order valence-electron chi connectivity index (χ0n) is 6.42. The van der Waals surface area contributed by atoms with E-state index in [9.17, 15) is 4.79 Å². The van der Waals surface area contributed by atoms with Gasteiger partial charge in [-0.15, -0.1) is 12.8 Å². The van der Waals surface area contributed by atoms with E-state index < -0.39 is 11.8 Å². The molecule has 0 spiro atoms. The zero-order valence-corrected chi connectivity index (χ0v) is 6.42. The predicted octanol–water partition coefficient (Wildman–Crippen LogP) is 1.73. The second-order valence-corrected chi connectivity index (χ2v) is 2.48. The maximum atomic E-state index is 9.79. The van der Waals surface area contributed by atoms with Crippen molar-refractivity contribution < 1.29 is 14.6 Å². The van der Waals surface area contributed by atoms with Crippen LogP contribution in [-0.2, 0) is 4.74 Å². The van der Waals surface area contributed by atoms with Crippen molar-refractivity contribution in [2.45, 2.75) is 26.4 Å². The summed E-state index contributed by atoms with van der Waals surface area (Å²) < 4.78 is 4.35. The summed E-state index contributed by atoms with van der Waals surface area (Å²) in [5.74, 6) is 0. The lowest BCUT2D eigenvalue weighted by Crippen LogP contribution is -2.22. The Labute approximate surface area is 61.0 Å². The van der Waals surface area contributed by atoms with Crippen LogP contribution in [0.1, 0.15) is 20.8 Å². The highest BCUT2D eigenvalue weighted by atomic mass is 16.7. The van der Waals surface area contributed by atoms with Crippen LogP contribution in [0.15, 0.2) is 0 Å². The van der Waals surface area contributed by atoms with Gasteiger partial charge in [-0.05, 0) is 20.8 Å². The largest absolute Gasteiger partial charge is 0.506 e. The normalized spacial score (nSPS) is 8.90. The molecule has 0 atom stereocenters. The first-order valence-corrected chi connectivity index (χ1v) is 2.67. The van der Waals surface area contributed by atoms with Gasteiger partial charge in [0.05, 0.1) is 0 Å². The predicted molar refractivity (Wildman–Crippen MR) is 38.8 cm³/mol. The Kier molecular flexibility index (Phi) is 5.44. The van der Waals surface area contributed by atoms with Crippen molar-refractivity contribution in [3.8, 4) is 12.8 Å². The third-order valence-electron chi connectivity index (χ3n) is 0.393. The molecule has 58 valence electrons. The molecule has 0 rings (SSSR count). The van der Waals surface area contributed by atoms with Gasteiger partial charge in [-0.25, -0.2) is 4.79 Å². The van der Waals surface area contributed by atoms with E-state index in [-0.39, 0.29) is 0 Å². The van der Waals surface area contributed by atoms with E-state index in [4.69, 9.17) is 5.11 Å². The highest BCUT2D eigenvalue weighted by molar-refractivity contribution is 5.57. The molecular formula is C7H12O3. The molecule has 0 fully saturated rings. The van der Waals surface area contributed by atoms with Crippen LogP contribution < -0.4 is 0 Å². The summed E-state index contributed by atoms with van der Waals surface area (Å²) in [5.41, 5.74) is -0.578. The molecule has 0 saturated heterocycles. The molecule has 0 radical (unpaired) electrons. The first-order chi connectivity index (χ1) is 4.42. The van der Waals surface area contributed by atoms with Crippen molar-refractivity contribution in [1.82, 2.24) is 0 Å². The molecule has 0 aromatic heterocycles. The minimum atomic E-state index is -1.22. The smallest absolute Gasteiger partial charge is 0.450 e. The molecular weight excluding hydrogens is 132 g/mol. The van der Waals surface area contributed by atoms with Crippen LogP contribution in [0.4, 0.5) is 4.79 Å². The molecule has 0 aromatic carbocycles. The SMILES string of the molecule is C#C.CC(C)(C)OC(=O)O. The molecule has 0 saturated carbocycles. The van der Waals surface area contributed by atoms with Crippen molar-refractivity contribution in [1.29, 1.82) is 0 Å². The Morgan fingerprint density at radius 3 is 1.70 bits per heavy atom. The van der Waals surface area contributed by atoms with Gasteiger partial charge in [-0.3, -0.25) is 0 Å². The van der Waals surface area contributed by atoms with Crippen molar-refractivity contribution in [3.05, 3.63) is 0 Å². The number of hydrogen-bond donors (Lipinski definition) is 1. The Bertz CT molecular complexity index is 119. The third kappa shape index (κ3) is 15.8. The van der Waals surface area contributed by atoms with Gasteiger partial charge in [-0.2, -0.15) is 0 Å². The zero-order chi connectivity index (χ0) is 8.78. The van der Waals surface area contributed by atoms with Gasteiger partial charge >= 0.3 is 6.16 Å². The monoisotopic (exact) mass is 144 g/mol. The van der Waals surface area contributed by atoms with Crippen LogP contribution in [0.5, 0.6) is 0 Å². The van der Waals surface area contributed by atoms with E-state index in [0.29, 0.717) is 0 Å². The second-order valence-electron chi connectivity index (χ2n) is 2.48. The van der Waals surface area contributed by atoms with Crippen LogP contribution in [0.3, 0.4) is 0 Å². The minimum absolute atomic E-state index is 0.578. The fourth-order valence-electron chi connectivity index (χ4n) is 0.262. The lowest BCUT2D eigenvalue weighted by atomic mass is 10.2. The third-order valence-corrected chi connectivity index (χ3v) is 0.393. The lowest BCUT2D eigenvalue weighted by molar-refractivity contribution is 0.0150. The Morgan fingerprint density at radius 2 is 1.70 bits per heavy atom. The first kappa shape index (κ1) is 11.6. The van der Waals surface area contributed by atoms with Gasteiger partial charge in [-0.1, -0.05) is 0 Å². The van der Waals surface area contributed by atoms with Gasteiger partial charge < -0.3 is 9.84 Å². The van der Waals surface area contributed by atoms with E-state index in [1.807, 2.05) is 0 Å². The number of carbonyl (C=O) groups is 1. The van der Waals surface area contributed by atoms with Gasteiger partial charge in [0.15, 0.2) is 0 Å². The maximum Gasteiger partial charge on any atom is 0.506 e. The number of hydrogen-bond acceptors (Lipinski definition) is 2. The number of carboxylic acid groups (broad SMARTS) is 1. The van der Waals surface area contributed by atoms with Gasteiger partial charge in [0.2, 0.25) is 0 Å². The van der Waals surface area contributed by atoms with Crippen LogP contribution >= 0.6 is 0 Å². The summed E-state index contributed by atoms with van der Waals surface area (Å²) >= 11 is 0. The fourth-order valence-corrected chi connectivity index (χ4v) is 0.262. The minimum Gasteiger partial charge on any atom is -0.450 e. The van der Waals surface area contributed by atoms with Crippen molar-refractivity contribution in [2.24, 2.45) is 0 Å². The van der Waals surface area contributed by atoms with E-state index in [0.717, 1.165) is 0 Å². The molecule has 3 heteroatoms. The molecule has 0 heterocycles. The Morgan fingerprint density at radius 1 is 1.40 bits per heavy atom. The molecule has 0 unspecified atom stereocenters. The first-order valence-electron chi connectivity index (χ1n) is 2.67. The topological polar surface area (TPSA) is 46.5 Å². The summed E-state index contributed by atoms with van der Waals surface area (Å²) in [6, 6.07) is 0. The van der Waals surface area contributed by atoms with E-state index in [1.165, 1.54) is 0 Å². The van der Waals surface area contributed by atoms with Gasteiger partial charge in [0.1, 0.15) is 5.60 Å². The molecule has 0 aliphatic rings. The molecule has 0 amide bonds. The van der Waals surface area contributed by atoms with Crippen LogP contribution in [-0.4, -0.2) is 16.9 Å². The van der Waals surface area contributed by atoms with Crippen LogP contribution in [0.2, 0.25) is 0 Å². The second kappa shape index (κ2) is 4.68. The Balaban J connectivity index is 0. The summed E-state index contributed by atoms with van der Waals surface area (Å²) in [4.78, 5) is 9.79. The summed E-state index contributed by atoms with van der Waals surface area (Å²) in [5, 5.41) is 8.03. The number of rotatable bonds is 0. The van der Waals surface area contributed by atoms with Crippen molar-refractivity contribution in [2.75, 3.05) is 0 Å². The van der Waals surface area contributed by atoms with E-state index >= 15 is 0 Å². The molecule has 0 aliphatic carbocycles. The Hall–Kier alpha value is -1.17. The molecule has 3 nitrogen and oxygen atoms in total. The standard InChI is InChI=1S/C5H10O3.C2H2/c1-5(2,3)8-4(6)7;1-2/h1-3H3,(H,6,7);1-2H. The lowest BCUT2D eigenvalue weighted by Gasteiger charge is -2.15. The quantitative estimate of drug-likeness (QED) is 0.416. The van der Waals surface area contributed by atoms with Gasteiger partial charge in [0.25, 0.3) is 0 Å². The molecule has 10 heavy (non-hydrogen) atoms. The fraction of sp³-hybridized carbons (Fsp3) is 0.571. The van der Waals surface area contributed by atoms with Crippen LogP contribution in [0.25, 0.3) is 0 Å². The van der Waals surface area contributed by atoms with Crippen molar-refractivity contribution >= 4 is 6.16 Å². The average Bonchev–Trinajstić information content (AvgIpc) is 1.64.